The zero-order chi connectivity index (χ0) is 20.1. The minimum atomic E-state index is -0.382. The van der Waals surface area contributed by atoms with Crippen LogP contribution in [0.3, 0.4) is 0 Å². The van der Waals surface area contributed by atoms with Gasteiger partial charge in [0.05, 0.1) is 16.9 Å². The van der Waals surface area contributed by atoms with E-state index in [0.717, 1.165) is 23.2 Å². The number of amides is 1. The predicted octanol–water partition coefficient (Wildman–Crippen LogP) is 5.06. The van der Waals surface area contributed by atoms with E-state index in [2.05, 4.69) is 11.9 Å². The number of anilines is 2. The molecule has 0 aliphatic carbocycles. The van der Waals surface area contributed by atoms with E-state index in [1.807, 2.05) is 48.7 Å². The van der Waals surface area contributed by atoms with Crippen molar-refractivity contribution in [2.45, 2.75) is 33.8 Å². The molecule has 1 amide bonds. The SMILES string of the molecule is CCc1ccccc1N(C(C)=O)c1nc(COC(=O)c2ccccc2C)cs1. The highest BCUT2D eigenvalue weighted by molar-refractivity contribution is 7.14. The molecule has 2 aromatic carbocycles. The largest absolute Gasteiger partial charge is 0.456 e. The summed E-state index contributed by atoms with van der Waals surface area (Å²) >= 11 is 1.35. The van der Waals surface area contributed by atoms with Crippen LogP contribution >= 0.6 is 11.3 Å². The molecule has 0 spiro atoms. The van der Waals surface area contributed by atoms with Crippen LogP contribution in [0.25, 0.3) is 0 Å². The van der Waals surface area contributed by atoms with Gasteiger partial charge in [0.25, 0.3) is 0 Å². The summed E-state index contributed by atoms with van der Waals surface area (Å²) in [5, 5.41) is 2.38. The zero-order valence-corrected chi connectivity index (χ0v) is 17.0. The Kier molecular flexibility index (Phi) is 6.21. The molecule has 0 saturated heterocycles. The van der Waals surface area contributed by atoms with Crippen molar-refractivity contribution in [3.63, 3.8) is 0 Å². The lowest BCUT2D eigenvalue weighted by molar-refractivity contribution is -0.115. The third kappa shape index (κ3) is 4.28. The van der Waals surface area contributed by atoms with E-state index in [9.17, 15) is 9.59 Å². The van der Waals surface area contributed by atoms with Gasteiger partial charge >= 0.3 is 5.97 Å². The Hall–Kier alpha value is -2.99. The number of nitrogens with zero attached hydrogens (tertiary/aromatic N) is 2. The number of ether oxygens (including phenoxy) is 1. The van der Waals surface area contributed by atoms with Gasteiger partial charge in [0.1, 0.15) is 6.61 Å². The summed E-state index contributed by atoms with van der Waals surface area (Å²) in [4.78, 5) is 30.7. The van der Waals surface area contributed by atoms with Gasteiger partial charge in [-0.1, -0.05) is 43.3 Å². The van der Waals surface area contributed by atoms with Crippen molar-refractivity contribution in [1.82, 2.24) is 4.98 Å². The molecule has 0 N–H and O–H groups in total. The number of esters is 1. The summed E-state index contributed by atoms with van der Waals surface area (Å²) in [5.41, 5.74) is 3.92. The summed E-state index contributed by atoms with van der Waals surface area (Å²) in [6, 6.07) is 15.1. The Balaban J connectivity index is 1.77. The molecule has 3 rings (SSSR count). The zero-order valence-electron chi connectivity index (χ0n) is 16.1. The Morgan fingerprint density at radius 1 is 1.11 bits per heavy atom. The molecule has 28 heavy (non-hydrogen) atoms. The number of benzene rings is 2. The molecule has 1 aromatic heterocycles. The van der Waals surface area contributed by atoms with Crippen LogP contribution in [0.4, 0.5) is 10.8 Å². The van der Waals surface area contributed by atoms with Crippen LogP contribution in [0.15, 0.2) is 53.9 Å². The second-order valence-corrected chi connectivity index (χ2v) is 7.19. The van der Waals surface area contributed by atoms with Gasteiger partial charge in [-0.25, -0.2) is 9.78 Å². The summed E-state index contributed by atoms with van der Waals surface area (Å²) in [6.45, 7) is 5.50. The lowest BCUT2D eigenvalue weighted by Crippen LogP contribution is -2.23. The Morgan fingerprint density at radius 2 is 1.82 bits per heavy atom. The fraction of sp³-hybridized carbons (Fsp3) is 0.227. The third-order valence-corrected chi connectivity index (χ3v) is 5.25. The van der Waals surface area contributed by atoms with Crippen molar-refractivity contribution < 1.29 is 14.3 Å². The van der Waals surface area contributed by atoms with Crippen molar-refractivity contribution in [2.24, 2.45) is 0 Å². The quantitative estimate of drug-likeness (QED) is 0.549. The van der Waals surface area contributed by atoms with Crippen LogP contribution in [-0.2, 0) is 22.6 Å². The summed E-state index contributed by atoms with van der Waals surface area (Å²) in [7, 11) is 0. The summed E-state index contributed by atoms with van der Waals surface area (Å²) in [6.07, 6.45) is 0.812. The molecule has 0 bridgehead atoms. The monoisotopic (exact) mass is 394 g/mol. The maximum absolute atomic E-state index is 12.3. The van der Waals surface area contributed by atoms with E-state index in [1.165, 1.54) is 18.3 Å². The number of thiazole rings is 1. The van der Waals surface area contributed by atoms with Gasteiger partial charge in [-0.3, -0.25) is 9.69 Å². The number of carbonyl (C=O) groups is 2. The molecule has 0 aliphatic heterocycles. The highest BCUT2D eigenvalue weighted by Gasteiger charge is 2.20. The lowest BCUT2D eigenvalue weighted by atomic mass is 10.1. The second-order valence-electron chi connectivity index (χ2n) is 6.35. The average Bonchev–Trinajstić information content (AvgIpc) is 3.15. The lowest BCUT2D eigenvalue weighted by Gasteiger charge is -2.20. The number of aromatic nitrogens is 1. The predicted molar refractivity (Wildman–Crippen MR) is 111 cm³/mol. The van der Waals surface area contributed by atoms with Crippen LogP contribution in [0.5, 0.6) is 0 Å². The summed E-state index contributed by atoms with van der Waals surface area (Å²) in [5.74, 6) is -0.494. The molecule has 0 fully saturated rings. The fourth-order valence-electron chi connectivity index (χ4n) is 2.92. The minimum Gasteiger partial charge on any atom is -0.456 e. The van der Waals surface area contributed by atoms with Crippen LogP contribution in [-0.4, -0.2) is 16.9 Å². The number of carbonyl (C=O) groups excluding carboxylic acids is 2. The highest BCUT2D eigenvalue weighted by atomic mass is 32.1. The van der Waals surface area contributed by atoms with Gasteiger partial charge in [0, 0.05) is 12.3 Å². The van der Waals surface area contributed by atoms with Gasteiger partial charge in [-0.15, -0.1) is 11.3 Å². The van der Waals surface area contributed by atoms with Crippen molar-refractivity contribution >= 4 is 34.0 Å². The first-order valence-corrected chi connectivity index (χ1v) is 9.95. The van der Waals surface area contributed by atoms with E-state index in [0.29, 0.717) is 16.4 Å². The molecule has 0 radical (unpaired) electrons. The van der Waals surface area contributed by atoms with E-state index in [1.54, 1.807) is 17.0 Å². The van der Waals surface area contributed by atoms with E-state index in [4.69, 9.17) is 4.74 Å². The molecule has 5 nitrogen and oxygen atoms in total. The number of para-hydroxylation sites is 1. The van der Waals surface area contributed by atoms with Gasteiger partial charge in [0.15, 0.2) is 5.13 Å². The normalized spacial score (nSPS) is 10.5. The van der Waals surface area contributed by atoms with Gasteiger partial charge in [-0.05, 0) is 36.6 Å². The van der Waals surface area contributed by atoms with E-state index < -0.39 is 0 Å². The van der Waals surface area contributed by atoms with Gasteiger partial charge < -0.3 is 4.74 Å². The van der Waals surface area contributed by atoms with Crippen LogP contribution in [0.2, 0.25) is 0 Å². The molecule has 144 valence electrons. The molecule has 0 unspecified atom stereocenters. The Morgan fingerprint density at radius 3 is 2.54 bits per heavy atom. The average molecular weight is 394 g/mol. The van der Waals surface area contributed by atoms with Crippen molar-refractivity contribution in [3.05, 3.63) is 76.3 Å². The number of rotatable bonds is 6. The molecule has 0 aliphatic rings. The first kappa shape index (κ1) is 19.8. The molecule has 6 heteroatoms. The van der Waals surface area contributed by atoms with E-state index in [-0.39, 0.29) is 18.5 Å². The van der Waals surface area contributed by atoms with Crippen LogP contribution in [0.1, 0.15) is 41.0 Å². The second kappa shape index (κ2) is 8.80. The maximum atomic E-state index is 12.3. The fourth-order valence-corrected chi connectivity index (χ4v) is 3.78. The number of hydrogen-bond acceptors (Lipinski definition) is 5. The molecular weight excluding hydrogens is 372 g/mol. The van der Waals surface area contributed by atoms with Gasteiger partial charge in [0.2, 0.25) is 5.91 Å². The first-order valence-electron chi connectivity index (χ1n) is 9.07. The first-order chi connectivity index (χ1) is 13.5. The summed E-state index contributed by atoms with van der Waals surface area (Å²) < 4.78 is 5.40. The Bertz CT molecular complexity index is 997. The van der Waals surface area contributed by atoms with Crippen molar-refractivity contribution in [1.29, 1.82) is 0 Å². The van der Waals surface area contributed by atoms with E-state index >= 15 is 0 Å². The van der Waals surface area contributed by atoms with Gasteiger partial charge in [-0.2, -0.15) is 0 Å². The molecular formula is C22H22N2O3S. The van der Waals surface area contributed by atoms with Crippen LogP contribution in [0, 0.1) is 6.92 Å². The third-order valence-electron chi connectivity index (χ3n) is 4.38. The van der Waals surface area contributed by atoms with Crippen molar-refractivity contribution in [3.8, 4) is 0 Å². The Labute approximate surface area is 168 Å². The number of hydrogen-bond donors (Lipinski definition) is 0. The molecule has 3 aromatic rings. The smallest absolute Gasteiger partial charge is 0.338 e. The molecule has 1 heterocycles. The van der Waals surface area contributed by atoms with Crippen LogP contribution < -0.4 is 4.90 Å². The maximum Gasteiger partial charge on any atom is 0.338 e. The standard InChI is InChI=1S/C22H22N2O3S/c1-4-17-10-6-8-12-20(17)24(16(3)25)22-23-18(14-28-22)13-27-21(26)19-11-7-5-9-15(19)2/h5-12,14H,4,13H2,1-3H3. The minimum absolute atomic E-state index is 0.0604. The molecule has 0 atom stereocenters. The molecule has 0 saturated carbocycles. The topological polar surface area (TPSA) is 59.5 Å². The van der Waals surface area contributed by atoms with Crippen molar-refractivity contribution in [2.75, 3.05) is 4.90 Å². The highest BCUT2D eigenvalue weighted by Crippen LogP contribution is 2.32. The number of aryl methyl sites for hydroxylation is 2.